The van der Waals surface area contributed by atoms with Crippen molar-refractivity contribution in [3.63, 3.8) is 0 Å². The SMILES string of the molecule is C=C(C)C(=O)OCCCCCCCCCCOC(=O)c1cccs1. The molecular formula is C19H28O4S. The molecule has 1 rings (SSSR count). The molecule has 0 radical (unpaired) electrons. The summed E-state index contributed by atoms with van der Waals surface area (Å²) in [6, 6.07) is 3.64. The number of carbonyl (C=O) groups excluding carboxylic acids is 2. The molecule has 0 amide bonds. The normalized spacial score (nSPS) is 10.4. The lowest BCUT2D eigenvalue weighted by Gasteiger charge is -2.05. The molecule has 4 nitrogen and oxygen atoms in total. The van der Waals surface area contributed by atoms with Gasteiger partial charge in [-0.2, -0.15) is 0 Å². The highest BCUT2D eigenvalue weighted by atomic mass is 32.1. The Morgan fingerprint density at radius 1 is 0.958 bits per heavy atom. The molecular weight excluding hydrogens is 324 g/mol. The van der Waals surface area contributed by atoms with Gasteiger partial charge in [0.1, 0.15) is 4.88 Å². The van der Waals surface area contributed by atoms with Gasteiger partial charge in [-0.1, -0.05) is 51.2 Å². The monoisotopic (exact) mass is 352 g/mol. The Hall–Kier alpha value is -1.62. The van der Waals surface area contributed by atoms with Crippen LogP contribution in [0.4, 0.5) is 0 Å². The number of ether oxygens (including phenoxy) is 2. The lowest BCUT2D eigenvalue weighted by atomic mass is 10.1. The standard InChI is InChI=1S/C19H28O4S/c1-16(2)18(20)22-13-9-7-5-3-4-6-8-10-14-23-19(21)17-12-11-15-24-17/h11-12,15H,1,3-10,13-14H2,2H3. The summed E-state index contributed by atoms with van der Waals surface area (Å²) in [5, 5.41) is 1.88. The van der Waals surface area contributed by atoms with Gasteiger partial charge in [-0.25, -0.2) is 9.59 Å². The zero-order valence-corrected chi connectivity index (χ0v) is 15.4. The molecule has 0 saturated carbocycles. The molecule has 0 bridgehead atoms. The van der Waals surface area contributed by atoms with E-state index in [0.717, 1.165) is 32.1 Å². The highest BCUT2D eigenvalue weighted by molar-refractivity contribution is 7.11. The zero-order valence-electron chi connectivity index (χ0n) is 14.6. The minimum atomic E-state index is -0.297. The van der Waals surface area contributed by atoms with E-state index < -0.39 is 0 Å². The highest BCUT2D eigenvalue weighted by Gasteiger charge is 2.06. The molecule has 0 atom stereocenters. The van der Waals surface area contributed by atoms with Crippen LogP contribution in [0.3, 0.4) is 0 Å². The molecule has 0 unspecified atom stereocenters. The fraction of sp³-hybridized carbons (Fsp3) is 0.579. The van der Waals surface area contributed by atoms with E-state index in [-0.39, 0.29) is 11.9 Å². The van der Waals surface area contributed by atoms with Gasteiger partial charge in [-0.3, -0.25) is 0 Å². The molecule has 0 spiro atoms. The fourth-order valence-corrected chi connectivity index (χ4v) is 2.80. The number of thiophene rings is 1. The van der Waals surface area contributed by atoms with Crippen molar-refractivity contribution in [3.8, 4) is 0 Å². The summed E-state index contributed by atoms with van der Waals surface area (Å²) in [7, 11) is 0. The lowest BCUT2D eigenvalue weighted by molar-refractivity contribution is -0.139. The molecule has 1 aromatic heterocycles. The van der Waals surface area contributed by atoms with Crippen LogP contribution in [0.2, 0.25) is 0 Å². The maximum atomic E-state index is 11.6. The Labute approximate surface area is 148 Å². The zero-order chi connectivity index (χ0) is 17.6. The maximum Gasteiger partial charge on any atom is 0.348 e. The number of rotatable bonds is 13. The summed E-state index contributed by atoms with van der Waals surface area (Å²) in [5.74, 6) is -0.507. The van der Waals surface area contributed by atoms with Crippen molar-refractivity contribution in [2.75, 3.05) is 13.2 Å². The van der Waals surface area contributed by atoms with Crippen molar-refractivity contribution in [3.05, 3.63) is 34.5 Å². The maximum absolute atomic E-state index is 11.6. The van der Waals surface area contributed by atoms with E-state index >= 15 is 0 Å². The Balaban J connectivity index is 1.81. The third-order valence-corrected chi connectivity index (χ3v) is 4.43. The van der Waals surface area contributed by atoms with Crippen LogP contribution in [0.1, 0.15) is 68.0 Å². The first-order valence-electron chi connectivity index (χ1n) is 8.64. The Bertz CT molecular complexity index is 493. The number of hydrogen-bond donors (Lipinski definition) is 0. The van der Waals surface area contributed by atoms with Crippen LogP contribution in [0.5, 0.6) is 0 Å². The molecule has 24 heavy (non-hydrogen) atoms. The summed E-state index contributed by atoms with van der Waals surface area (Å²) >= 11 is 1.41. The van der Waals surface area contributed by atoms with Gasteiger partial charge in [-0.15, -0.1) is 11.3 Å². The number of unbranched alkanes of at least 4 members (excludes halogenated alkanes) is 7. The molecule has 5 heteroatoms. The van der Waals surface area contributed by atoms with Gasteiger partial charge in [0.15, 0.2) is 0 Å². The van der Waals surface area contributed by atoms with Crippen molar-refractivity contribution < 1.29 is 19.1 Å². The van der Waals surface area contributed by atoms with Gasteiger partial charge in [0.25, 0.3) is 0 Å². The van der Waals surface area contributed by atoms with Crippen molar-refractivity contribution in [2.45, 2.75) is 58.3 Å². The largest absolute Gasteiger partial charge is 0.462 e. The van der Waals surface area contributed by atoms with Crippen LogP contribution in [0.25, 0.3) is 0 Å². The predicted octanol–water partition coefficient (Wildman–Crippen LogP) is 5.15. The van der Waals surface area contributed by atoms with E-state index in [0.29, 0.717) is 23.7 Å². The molecule has 1 aromatic rings. The molecule has 0 aliphatic carbocycles. The van der Waals surface area contributed by atoms with Crippen molar-refractivity contribution in [1.82, 2.24) is 0 Å². The molecule has 0 aliphatic rings. The van der Waals surface area contributed by atoms with E-state index in [4.69, 9.17) is 9.47 Å². The topological polar surface area (TPSA) is 52.6 Å². The average molecular weight is 352 g/mol. The van der Waals surface area contributed by atoms with E-state index in [9.17, 15) is 9.59 Å². The second kappa shape index (κ2) is 12.8. The molecule has 0 aromatic carbocycles. The minimum absolute atomic E-state index is 0.211. The second-order valence-electron chi connectivity index (χ2n) is 5.86. The fourth-order valence-electron chi connectivity index (χ4n) is 2.18. The van der Waals surface area contributed by atoms with Crippen molar-refractivity contribution >= 4 is 23.3 Å². The van der Waals surface area contributed by atoms with Crippen LogP contribution >= 0.6 is 11.3 Å². The number of esters is 2. The third-order valence-electron chi connectivity index (χ3n) is 3.58. The Morgan fingerprint density at radius 2 is 1.50 bits per heavy atom. The van der Waals surface area contributed by atoms with Crippen molar-refractivity contribution in [2.24, 2.45) is 0 Å². The van der Waals surface area contributed by atoms with E-state index in [1.54, 1.807) is 13.0 Å². The summed E-state index contributed by atoms with van der Waals surface area (Å²) in [6.07, 6.45) is 8.74. The van der Waals surface area contributed by atoms with Gasteiger partial charge in [0.2, 0.25) is 0 Å². The van der Waals surface area contributed by atoms with Crippen LogP contribution in [0, 0.1) is 0 Å². The molecule has 1 heterocycles. The molecule has 0 aliphatic heterocycles. The van der Waals surface area contributed by atoms with Crippen molar-refractivity contribution in [1.29, 1.82) is 0 Å². The minimum Gasteiger partial charge on any atom is -0.462 e. The van der Waals surface area contributed by atoms with Gasteiger partial charge in [0, 0.05) is 5.57 Å². The molecule has 0 N–H and O–H groups in total. The van der Waals surface area contributed by atoms with E-state index in [1.165, 1.54) is 30.6 Å². The lowest BCUT2D eigenvalue weighted by Crippen LogP contribution is -2.06. The molecule has 134 valence electrons. The Morgan fingerprint density at radius 3 is 2.00 bits per heavy atom. The predicted molar refractivity (Wildman–Crippen MR) is 97.3 cm³/mol. The Kier molecular flexibility index (Phi) is 10.9. The first kappa shape index (κ1) is 20.4. The number of carbonyl (C=O) groups is 2. The van der Waals surface area contributed by atoms with Gasteiger partial charge < -0.3 is 9.47 Å². The summed E-state index contributed by atoms with van der Waals surface area (Å²) in [6.45, 7) is 6.20. The summed E-state index contributed by atoms with van der Waals surface area (Å²) in [4.78, 5) is 23.4. The third kappa shape index (κ3) is 9.50. The van der Waals surface area contributed by atoms with Crippen LogP contribution in [-0.2, 0) is 14.3 Å². The number of hydrogen-bond acceptors (Lipinski definition) is 5. The van der Waals surface area contributed by atoms with Crippen LogP contribution in [-0.4, -0.2) is 25.2 Å². The molecule has 0 fully saturated rings. The molecule has 0 saturated heterocycles. The van der Waals surface area contributed by atoms with Crippen LogP contribution < -0.4 is 0 Å². The average Bonchev–Trinajstić information content (AvgIpc) is 3.09. The van der Waals surface area contributed by atoms with Gasteiger partial charge in [0.05, 0.1) is 13.2 Å². The van der Waals surface area contributed by atoms with E-state index in [2.05, 4.69) is 6.58 Å². The van der Waals surface area contributed by atoms with Gasteiger partial charge >= 0.3 is 11.9 Å². The first-order valence-corrected chi connectivity index (χ1v) is 9.52. The van der Waals surface area contributed by atoms with Gasteiger partial charge in [-0.05, 0) is 31.2 Å². The van der Waals surface area contributed by atoms with E-state index in [1.807, 2.05) is 11.4 Å². The smallest absolute Gasteiger partial charge is 0.348 e. The summed E-state index contributed by atoms with van der Waals surface area (Å²) in [5.41, 5.74) is 0.455. The first-order chi connectivity index (χ1) is 11.6. The quantitative estimate of drug-likeness (QED) is 0.280. The van der Waals surface area contributed by atoms with Crippen LogP contribution in [0.15, 0.2) is 29.7 Å². The highest BCUT2D eigenvalue weighted by Crippen LogP contribution is 2.12. The summed E-state index contributed by atoms with van der Waals surface area (Å²) < 4.78 is 10.3. The second-order valence-corrected chi connectivity index (χ2v) is 6.81.